The van der Waals surface area contributed by atoms with E-state index in [1.165, 1.54) is 0 Å². The summed E-state index contributed by atoms with van der Waals surface area (Å²) >= 11 is 0. The van der Waals surface area contributed by atoms with E-state index < -0.39 is 0 Å². The van der Waals surface area contributed by atoms with Gasteiger partial charge in [0.25, 0.3) is 0 Å². The van der Waals surface area contributed by atoms with E-state index in [0.29, 0.717) is 18.6 Å². The highest BCUT2D eigenvalue weighted by atomic mass is 16.5. The van der Waals surface area contributed by atoms with Gasteiger partial charge in [-0.05, 0) is 34.7 Å². The Balaban J connectivity index is 2.69. The summed E-state index contributed by atoms with van der Waals surface area (Å²) < 4.78 is 5.60. The van der Waals surface area contributed by atoms with Gasteiger partial charge in [-0.25, -0.2) is 0 Å². The molecule has 4 heteroatoms. The lowest BCUT2D eigenvalue weighted by atomic mass is 9.96. The molecule has 17 heavy (non-hydrogen) atoms. The fourth-order valence-corrected chi connectivity index (χ4v) is 2.45. The lowest BCUT2D eigenvalue weighted by Crippen LogP contribution is -2.64. The number of nitrogens with two attached hydrogens (primary N) is 1. The summed E-state index contributed by atoms with van der Waals surface area (Å²) in [6, 6.07) is 1.15. The van der Waals surface area contributed by atoms with Gasteiger partial charge in [0, 0.05) is 38.3 Å². The molecule has 0 aromatic carbocycles. The molecular formula is C13H29N3O. The first-order valence-corrected chi connectivity index (χ1v) is 6.69. The first-order chi connectivity index (χ1) is 7.94. The molecule has 0 aliphatic carbocycles. The summed E-state index contributed by atoms with van der Waals surface area (Å²) in [5.74, 6) is 0. The quantitative estimate of drug-likeness (QED) is 0.774. The second-order valence-electron chi connectivity index (χ2n) is 5.61. The minimum Gasteiger partial charge on any atom is -0.380 e. The maximum Gasteiger partial charge on any atom is 0.0659 e. The van der Waals surface area contributed by atoms with Gasteiger partial charge in [0.1, 0.15) is 0 Å². The van der Waals surface area contributed by atoms with Crippen LogP contribution in [0.3, 0.4) is 0 Å². The van der Waals surface area contributed by atoms with Crippen LogP contribution in [0.2, 0.25) is 0 Å². The van der Waals surface area contributed by atoms with E-state index in [9.17, 15) is 0 Å². The Bertz CT molecular complexity index is 225. The number of hydrogen-bond donors (Lipinski definition) is 1. The van der Waals surface area contributed by atoms with Gasteiger partial charge in [0.05, 0.1) is 12.1 Å². The smallest absolute Gasteiger partial charge is 0.0659 e. The summed E-state index contributed by atoms with van der Waals surface area (Å²) in [5.41, 5.74) is 5.94. The number of ether oxygens (including phenoxy) is 1. The third kappa shape index (κ3) is 3.41. The van der Waals surface area contributed by atoms with Crippen molar-refractivity contribution in [2.24, 2.45) is 5.73 Å². The van der Waals surface area contributed by atoms with Gasteiger partial charge in [-0.15, -0.1) is 0 Å². The monoisotopic (exact) mass is 243 g/mol. The molecule has 3 unspecified atom stereocenters. The molecule has 2 N–H and O–H groups in total. The molecule has 0 bridgehead atoms. The van der Waals surface area contributed by atoms with Gasteiger partial charge in [-0.3, -0.25) is 9.80 Å². The van der Waals surface area contributed by atoms with Crippen molar-refractivity contribution in [3.63, 3.8) is 0 Å². The molecule has 0 amide bonds. The molecule has 1 saturated heterocycles. The number of nitrogens with zero attached hydrogens (tertiary/aromatic N) is 2. The first-order valence-electron chi connectivity index (χ1n) is 6.69. The van der Waals surface area contributed by atoms with Crippen molar-refractivity contribution in [2.75, 3.05) is 39.9 Å². The highest BCUT2D eigenvalue weighted by molar-refractivity contribution is 4.94. The summed E-state index contributed by atoms with van der Waals surface area (Å²) in [7, 11) is 2.20. The van der Waals surface area contributed by atoms with Crippen LogP contribution in [-0.4, -0.2) is 67.3 Å². The van der Waals surface area contributed by atoms with Gasteiger partial charge in [0.2, 0.25) is 0 Å². The first kappa shape index (κ1) is 14.9. The fourth-order valence-electron chi connectivity index (χ4n) is 2.45. The zero-order valence-corrected chi connectivity index (χ0v) is 12.1. The summed E-state index contributed by atoms with van der Waals surface area (Å²) in [6.07, 6.45) is 0. The molecule has 3 atom stereocenters. The molecule has 1 heterocycles. The Hall–Kier alpha value is -0.160. The van der Waals surface area contributed by atoms with Crippen molar-refractivity contribution in [3.05, 3.63) is 0 Å². The largest absolute Gasteiger partial charge is 0.380 e. The van der Waals surface area contributed by atoms with E-state index in [1.54, 1.807) is 0 Å². The summed E-state index contributed by atoms with van der Waals surface area (Å²) in [6.45, 7) is 13.1. The predicted molar refractivity (Wildman–Crippen MR) is 72.2 cm³/mol. The lowest BCUT2D eigenvalue weighted by Gasteiger charge is -2.49. The third-order valence-electron chi connectivity index (χ3n) is 4.18. The molecule has 0 aromatic heterocycles. The van der Waals surface area contributed by atoms with E-state index >= 15 is 0 Å². The zero-order chi connectivity index (χ0) is 13.1. The number of piperazine rings is 1. The summed E-state index contributed by atoms with van der Waals surface area (Å²) in [5, 5.41) is 0. The van der Waals surface area contributed by atoms with E-state index in [-0.39, 0.29) is 5.54 Å². The van der Waals surface area contributed by atoms with E-state index in [4.69, 9.17) is 10.5 Å². The standard InChI is InChI=1S/C13H29N3O/c1-6-17-10-13(4,9-14)16-7-11(2)15(5)12(3)8-16/h11-12H,6-10,14H2,1-5H3. The van der Waals surface area contributed by atoms with Crippen molar-refractivity contribution in [3.8, 4) is 0 Å². The van der Waals surface area contributed by atoms with Gasteiger partial charge in [-0.1, -0.05) is 0 Å². The SMILES string of the molecule is CCOCC(C)(CN)N1CC(C)N(C)C(C)C1. The van der Waals surface area contributed by atoms with Crippen molar-refractivity contribution < 1.29 is 4.74 Å². The second-order valence-corrected chi connectivity index (χ2v) is 5.61. The van der Waals surface area contributed by atoms with Gasteiger partial charge in [-0.2, -0.15) is 0 Å². The molecule has 0 saturated carbocycles. The molecule has 1 fully saturated rings. The van der Waals surface area contributed by atoms with Crippen molar-refractivity contribution >= 4 is 0 Å². The second kappa shape index (κ2) is 6.14. The maximum absolute atomic E-state index is 5.97. The van der Waals surface area contributed by atoms with Crippen LogP contribution in [0, 0.1) is 0 Å². The van der Waals surface area contributed by atoms with Crippen molar-refractivity contribution in [2.45, 2.75) is 45.3 Å². The highest BCUT2D eigenvalue weighted by Gasteiger charge is 2.37. The number of rotatable bonds is 5. The Morgan fingerprint density at radius 1 is 1.29 bits per heavy atom. The molecule has 1 aliphatic heterocycles. The molecule has 0 spiro atoms. The molecule has 102 valence electrons. The minimum absolute atomic E-state index is 0.0280. The Labute approximate surface area is 106 Å². The topological polar surface area (TPSA) is 41.7 Å². The van der Waals surface area contributed by atoms with Crippen LogP contribution in [0.1, 0.15) is 27.7 Å². The average molecular weight is 243 g/mol. The number of likely N-dealkylation sites (N-methyl/N-ethyl adjacent to an activating group) is 1. The Morgan fingerprint density at radius 3 is 2.24 bits per heavy atom. The maximum atomic E-state index is 5.97. The van der Waals surface area contributed by atoms with Crippen LogP contribution < -0.4 is 5.73 Å². The predicted octanol–water partition coefficient (Wildman–Crippen LogP) is 0.765. The van der Waals surface area contributed by atoms with Gasteiger partial charge < -0.3 is 10.5 Å². The van der Waals surface area contributed by atoms with Crippen LogP contribution in [0.15, 0.2) is 0 Å². The van der Waals surface area contributed by atoms with Gasteiger partial charge >= 0.3 is 0 Å². The van der Waals surface area contributed by atoms with E-state index in [2.05, 4.69) is 37.6 Å². The average Bonchev–Trinajstić information content (AvgIpc) is 2.32. The van der Waals surface area contributed by atoms with Gasteiger partial charge in [0.15, 0.2) is 0 Å². The van der Waals surface area contributed by atoms with Crippen LogP contribution in [0.5, 0.6) is 0 Å². The third-order valence-corrected chi connectivity index (χ3v) is 4.18. The fraction of sp³-hybridized carbons (Fsp3) is 1.00. The molecule has 1 rings (SSSR count). The molecular weight excluding hydrogens is 214 g/mol. The van der Waals surface area contributed by atoms with Crippen LogP contribution in [0.4, 0.5) is 0 Å². The van der Waals surface area contributed by atoms with Crippen LogP contribution in [0.25, 0.3) is 0 Å². The van der Waals surface area contributed by atoms with Crippen molar-refractivity contribution in [1.29, 1.82) is 0 Å². The molecule has 0 radical (unpaired) electrons. The van der Waals surface area contributed by atoms with Crippen LogP contribution in [-0.2, 0) is 4.74 Å². The normalized spacial score (nSPS) is 31.4. The van der Waals surface area contributed by atoms with Crippen molar-refractivity contribution in [1.82, 2.24) is 9.80 Å². The Kier molecular flexibility index (Phi) is 5.38. The van der Waals surface area contributed by atoms with E-state index in [1.807, 2.05) is 6.92 Å². The Morgan fingerprint density at radius 2 is 1.82 bits per heavy atom. The highest BCUT2D eigenvalue weighted by Crippen LogP contribution is 2.22. The van der Waals surface area contributed by atoms with Crippen LogP contribution >= 0.6 is 0 Å². The lowest BCUT2D eigenvalue weighted by molar-refractivity contribution is -0.0417. The molecule has 0 aromatic rings. The summed E-state index contributed by atoms with van der Waals surface area (Å²) in [4.78, 5) is 4.94. The number of hydrogen-bond acceptors (Lipinski definition) is 4. The van der Waals surface area contributed by atoms with E-state index in [0.717, 1.165) is 26.3 Å². The molecule has 1 aliphatic rings. The zero-order valence-electron chi connectivity index (χ0n) is 12.1. The minimum atomic E-state index is -0.0280. The molecule has 4 nitrogen and oxygen atoms in total.